The molecule has 3 N–H and O–H groups in total. The summed E-state index contributed by atoms with van der Waals surface area (Å²) in [4.78, 5) is 28.4. The molecule has 1 fully saturated rings. The van der Waals surface area contributed by atoms with Crippen molar-refractivity contribution in [3.8, 4) is 0 Å². The van der Waals surface area contributed by atoms with Crippen LogP contribution in [0.15, 0.2) is 48.8 Å². The Kier molecular flexibility index (Phi) is 9.05. The second-order valence-electron chi connectivity index (χ2n) is 5.77. The van der Waals surface area contributed by atoms with E-state index < -0.39 is 0 Å². The maximum absolute atomic E-state index is 12.4. The normalized spacial score (nSPS) is 13.7. The monoisotopic (exact) mass is 396 g/mol. The Hall–Kier alpha value is -2.15. The zero-order valence-corrected chi connectivity index (χ0v) is 15.7. The molecule has 2 aromatic rings. The second-order valence-corrected chi connectivity index (χ2v) is 5.77. The molecule has 1 aromatic carbocycles. The smallest absolute Gasteiger partial charge is 0.257 e. The molecule has 2 heterocycles. The molecule has 0 radical (unpaired) electrons. The molecule has 0 spiro atoms. The van der Waals surface area contributed by atoms with Crippen molar-refractivity contribution in [3.05, 3.63) is 59.9 Å². The number of anilines is 1. The van der Waals surface area contributed by atoms with Crippen molar-refractivity contribution in [2.45, 2.75) is 18.9 Å². The van der Waals surface area contributed by atoms with E-state index in [1.165, 1.54) is 6.20 Å². The molecule has 0 unspecified atom stereocenters. The maximum Gasteiger partial charge on any atom is 0.257 e. The number of carbonyl (C=O) groups excluding carboxylic acids is 2. The highest BCUT2D eigenvalue weighted by Crippen LogP contribution is 2.13. The van der Waals surface area contributed by atoms with E-state index in [0.717, 1.165) is 25.9 Å². The van der Waals surface area contributed by atoms with E-state index in [0.29, 0.717) is 16.8 Å². The lowest BCUT2D eigenvalue weighted by molar-refractivity contribution is 0.0928. The fourth-order valence-corrected chi connectivity index (χ4v) is 2.67. The zero-order chi connectivity index (χ0) is 16.8. The zero-order valence-electron chi connectivity index (χ0n) is 14.1. The van der Waals surface area contributed by atoms with Crippen LogP contribution in [0.3, 0.4) is 0 Å². The predicted molar refractivity (Wildman–Crippen MR) is 106 cm³/mol. The number of amides is 2. The Balaban J connectivity index is 0.00000169. The number of benzene rings is 1. The predicted octanol–water partition coefficient (Wildman–Crippen LogP) is 2.66. The largest absolute Gasteiger partial charge is 0.349 e. The average molecular weight is 397 g/mol. The number of nitrogens with one attached hydrogen (secondary N) is 3. The summed E-state index contributed by atoms with van der Waals surface area (Å²) in [6.45, 7) is 1.85. The van der Waals surface area contributed by atoms with Crippen LogP contribution in [0.25, 0.3) is 0 Å². The van der Waals surface area contributed by atoms with E-state index in [2.05, 4.69) is 20.9 Å². The number of piperidine rings is 1. The Morgan fingerprint density at radius 3 is 2.42 bits per heavy atom. The Morgan fingerprint density at radius 1 is 1.00 bits per heavy atom. The highest BCUT2D eigenvalue weighted by atomic mass is 35.5. The first-order valence-corrected chi connectivity index (χ1v) is 8.05. The summed E-state index contributed by atoms with van der Waals surface area (Å²) < 4.78 is 0. The van der Waals surface area contributed by atoms with Gasteiger partial charge < -0.3 is 16.0 Å². The topological polar surface area (TPSA) is 83.1 Å². The van der Waals surface area contributed by atoms with Crippen molar-refractivity contribution >= 4 is 42.3 Å². The van der Waals surface area contributed by atoms with Gasteiger partial charge in [0.05, 0.1) is 5.56 Å². The van der Waals surface area contributed by atoms with Gasteiger partial charge in [0, 0.05) is 29.7 Å². The van der Waals surface area contributed by atoms with E-state index in [1.807, 2.05) is 0 Å². The fraction of sp³-hybridized carbons (Fsp3) is 0.278. The van der Waals surface area contributed by atoms with Gasteiger partial charge in [0.1, 0.15) is 0 Å². The minimum atomic E-state index is -0.251. The molecule has 0 bridgehead atoms. The molecule has 0 atom stereocenters. The molecule has 1 aliphatic rings. The van der Waals surface area contributed by atoms with Crippen molar-refractivity contribution in [2.75, 3.05) is 18.4 Å². The Bertz CT molecular complexity index is 722. The van der Waals surface area contributed by atoms with Crippen molar-refractivity contribution in [1.82, 2.24) is 15.6 Å². The summed E-state index contributed by atoms with van der Waals surface area (Å²) >= 11 is 0. The van der Waals surface area contributed by atoms with E-state index >= 15 is 0 Å². The van der Waals surface area contributed by atoms with Gasteiger partial charge in [0.15, 0.2) is 0 Å². The van der Waals surface area contributed by atoms with E-state index in [-0.39, 0.29) is 42.7 Å². The van der Waals surface area contributed by atoms with Gasteiger partial charge in [0.2, 0.25) is 0 Å². The number of aromatic nitrogens is 1. The van der Waals surface area contributed by atoms with Gasteiger partial charge >= 0.3 is 0 Å². The second kappa shape index (κ2) is 10.8. The third-order valence-corrected chi connectivity index (χ3v) is 3.98. The third-order valence-electron chi connectivity index (χ3n) is 3.98. The van der Waals surface area contributed by atoms with Crippen molar-refractivity contribution in [2.24, 2.45) is 0 Å². The Labute approximate surface area is 165 Å². The first-order chi connectivity index (χ1) is 11.7. The highest BCUT2D eigenvalue weighted by molar-refractivity contribution is 6.04. The SMILES string of the molecule is Cl.Cl.O=C(Nc1cccc(C(=O)NC2CCNCC2)c1)c1cccnc1. The minimum Gasteiger partial charge on any atom is -0.349 e. The molecule has 1 saturated heterocycles. The molecule has 26 heavy (non-hydrogen) atoms. The molecule has 6 nitrogen and oxygen atoms in total. The summed E-state index contributed by atoms with van der Waals surface area (Å²) in [5, 5.41) is 9.10. The minimum absolute atomic E-state index is 0. The van der Waals surface area contributed by atoms with Crippen molar-refractivity contribution in [3.63, 3.8) is 0 Å². The first-order valence-electron chi connectivity index (χ1n) is 8.05. The van der Waals surface area contributed by atoms with Gasteiger partial charge in [0.25, 0.3) is 11.8 Å². The standard InChI is InChI=1S/C18H20N4O2.2ClH/c23-17(21-15-6-9-19-10-7-15)13-3-1-5-16(11-13)22-18(24)14-4-2-8-20-12-14;;/h1-5,8,11-12,15,19H,6-7,9-10H2,(H,21,23)(H,22,24);2*1H. The van der Waals surface area contributed by atoms with Crippen LogP contribution in [-0.2, 0) is 0 Å². The van der Waals surface area contributed by atoms with Gasteiger partial charge in [-0.15, -0.1) is 24.8 Å². The summed E-state index contributed by atoms with van der Waals surface area (Å²) in [5.41, 5.74) is 1.60. The van der Waals surface area contributed by atoms with Crippen LogP contribution >= 0.6 is 24.8 Å². The molecular weight excluding hydrogens is 375 g/mol. The van der Waals surface area contributed by atoms with Crippen LogP contribution in [0.2, 0.25) is 0 Å². The quantitative estimate of drug-likeness (QED) is 0.741. The van der Waals surface area contributed by atoms with Crippen LogP contribution in [0.5, 0.6) is 0 Å². The molecule has 1 aliphatic heterocycles. The molecule has 8 heteroatoms. The highest BCUT2D eigenvalue weighted by Gasteiger charge is 2.16. The Morgan fingerprint density at radius 2 is 1.73 bits per heavy atom. The lowest BCUT2D eigenvalue weighted by Crippen LogP contribution is -2.42. The molecule has 0 saturated carbocycles. The van der Waals surface area contributed by atoms with Gasteiger partial charge in [-0.2, -0.15) is 0 Å². The first kappa shape index (κ1) is 21.9. The van der Waals surface area contributed by atoms with Gasteiger partial charge in [-0.25, -0.2) is 0 Å². The number of hydrogen-bond acceptors (Lipinski definition) is 4. The van der Waals surface area contributed by atoms with E-state index in [4.69, 9.17) is 0 Å². The van der Waals surface area contributed by atoms with Crippen molar-refractivity contribution < 1.29 is 9.59 Å². The number of pyridine rings is 1. The fourth-order valence-electron chi connectivity index (χ4n) is 2.67. The van der Waals surface area contributed by atoms with Gasteiger partial charge in [-0.3, -0.25) is 14.6 Å². The van der Waals surface area contributed by atoms with E-state index in [1.54, 1.807) is 42.6 Å². The molecule has 1 aromatic heterocycles. The van der Waals surface area contributed by atoms with Gasteiger partial charge in [-0.1, -0.05) is 6.07 Å². The molecule has 3 rings (SSSR count). The molecular formula is C18H22Cl2N4O2. The summed E-state index contributed by atoms with van der Waals surface area (Å²) in [6.07, 6.45) is 4.98. The summed E-state index contributed by atoms with van der Waals surface area (Å²) in [6, 6.07) is 10.5. The van der Waals surface area contributed by atoms with E-state index in [9.17, 15) is 9.59 Å². The number of carbonyl (C=O) groups is 2. The summed E-state index contributed by atoms with van der Waals surface area (Å²) in [5.74, 6) is -0.363. The lowest BCUT2D eigenvalue weighted by Gasteiger charge is -2.23. The van der Waals surface area contributed by atoms with Crippen LogP contribution < -0.4 is 16.0 Å². The van der Waals surface area contributed by atoms with Crippen LogP contribution in [-0.4, -0.2) is 35.9 Å². The lowest BCUT2D eigenvalue weighted by atomic mass is 10.1. The molecule has 140 valence electrons. The number of nitrogens with zero attached hydrogens (tertiary/aromatic N) is 1. The summed E-state index contributed by atoms with van der Waals surface area (Å²) in [7, 11) is 0. The third kappa shape index (κ3) is 5.98. The van der Waals surface area contributed by atoms with Crippen molar-refractivity contribution in [1.29, 1.82) is 0 Å². The number of hydrogen-bond donors (Lipinski definition) is 3. The van der Waals surface area contributed by atoms with Crippen LogP contribution in [0.4, 0.5) is 5.69 Å². The van der Waals surface area contributed by atoms with Crippen LogP contribution in [0.1, 0.15) is 33.6 Å². The number of halogens is 2. The number of rotatable bonds is 4. The molecule has 2 amide bonds. The van der Waals surface area contributed by atoms with Gasteiger partial charge in [-0.05, 0) is 56.3 Å². The van der Waals surface area contributed by atoms with Crippen LogP contribution in [0, 0.1) is 0 Å². The molecule has 0 aliphatic carbocycles. The maximum atomic E-state index is 12.4. The average Bonchev–Trinajstić information content (AvgIpc) is 2.63.